The van der Waals surface area contributed by atoms with Gasteiger partial charge < -0.3 is 10.3 Å². The monoisotopic (exact) mass is 445 g/mol. The van der Waals surface area contributed by atoms with E-state index in [1.807, 2.05) is 11.3 Å². The van der Waals surface area contributed by atoms with Gasteiger partial charge in [0.2, 0.25) is 10.0 Å². The average molecular weight is 446 g/mol. The molecule has 7 heteroatoms. The lowest BCUT2D eigenvalue weighted by atomic mass is 9.89. The van der Waals surface area contributed by atoms with Gasteiger partial charge in [0.1, 0.15) is 0 Å². The van der Waals surface area contributed by atoms with Gasteiger partial charge in [0.15, 0.2) is 0 Å². The number of aromatic amines is 1. The number of nitrogens with one attached hydrogen (secondary N) is 2. The Hall–Kier alpha value is -1.67. The highest BCUT2D eigenvalue weighted by molar-refractivity contribution is 7.89. The number of benzene rings is 1. The molecule has 2 aromatic heterocycles. The molecular weight excluding hydrogens is 414 g/mol. The molecule has 0 amide bonds. The molecular formula is C23H31N3O2S2. The van der Waals surface area contributed by atoms with E-state index < -0.39 is 10.0 Å². The minimum atomic E-state index is -3.08. The molecule has 0 unspecified atom stereocenters. The van der Waals surface area contributed by atoms with Gasteiger partial charge in [-0.05, 0) is 74.0 Å². The van der Waals surface area contributed by atoms with Gasteiger partial charge in [-0.3, -0.25) is 0 Å². The van der Waals surface area contributed by atoms with Gasteiger partial charge in [-0.1, -0.05) is 13.0 Å². The number of fused-ring (bicyclic) bond motifs is 1. The molecule has 1 aliphatic heterocycles. The van der Waals surface area contributed by atoms with Crippen LogP contribution in [0.4, 0.5) is 0 Å². The van der Waals surface area contributed by atoms with Crippen LogP contribution in [-0.2, 0) is 16.6 Å². The van der Waals surface area contributed by atoms with E-state index in [9.17, 15) is 8.42 Å². The van der Waals surface area contributed by atoms with Crippen LogP contribution in [0.3, 0.4) is 0 Å². The summed E-state index contributed by atoms with van der Waals surface area (Å²) in [6, 6.07) is 11.1. The van der Waals surface area contributed by atoms with Gasteiger partial charge in [-0.25, -0.2) is 12.7 Å². The second-order valence-electron chi connectivity index (χ2n) is 8.02. The summed E-state index contributed by atoms with van der Waals surface area (Å²) >= 11 is 1.85. The molecule has 162 valence electrons. The van der Waals surface area contributed by atoms with E-state index in [0.29, 0.717) is 19.0 Å². The van der Waals surface area contributed by atoms with Crippen LogP contribution in [0.15, 0.2) is 36.5 Å². The van der Waals surface area contributed by atoms with E-state index in [1.54, 1.807) is 11.2 Å². The fourth-order valence-corrected chi connectivity index (χ4v) is 6.38. The fraction of sp³-hybridized carbons (Fsp3) is 0.478. The first-order valence-corrected chi connectivity index (χ1v) is 13.3. The van der Waals surface area contributed by atoms with E-state index in [1.165, 1.54) is 26.3 Å². The molecule has 30 heavy (non-hydrogen) atoms. The number of rotatable bonds is 8. The minimum Gasteiger partial charge on any atom is -0.361 e. The molecule has 0 bridgehead atoms. The number of nitrogens with zero attached hydrogens (tertiary/aromatic N) is 1. The lowest BCUT2D eigenvalue weighted by molar-refractivity contribution is 0.321. The topological polar surface area (TPSA) is 65.2 Å². The van der Waals surface area contributed by atoms with Crippen molar-refractivity contribution in [2.45, 2.75) is 45.6 Å². The Morgan fingerprint density at radius 1 is 1.17 bits per heavy atom. The Morgan fingerprint density at radius 2 is 1.97 bits per heavy atom. The summed E-state index contributed by atoms with van der Waals surface area (Å²) in [6.07, 6.45) is 5.03. The van der Waals surface area contributed by atoms with E-state index in [2.05, 4.69) is 53.8 Å². The molecule has 5 nitrogen and oxygen atoms in total. The van der Waals surface area contributed by atoms with Crippen LogP contribution in [0, 0.1) is 0 Å². The fourth-order valence-electron chi connectivity index (χ4n) is 4.28. The Labute approximate surface area is 183 Å². The molecule has 1 fully saturated rings. The molecule has 0 saturated carbocycles. The minimum absolute atomic E-state index is 0.185. The number of sulfonamides is 1. The highest BCUT2D eigenvalue weighted by atomic mass is 32.2. The molecule has 0 atom stereocenters. The van der Waals surface area contributed by atoms with Crippen molar-refractivity contribution < 1.29 is 8.42 Å². The molecule has 0 spiro atoms. The summed E-state index contributed by atoms with van der Waals surface area (Å²) < 4.78 is 26.0. The van der Waals surface area contributed by atoms with E-state index >= 15 is 0 Å². The lowest BCUT2D eigenvalue weighted by Gasteiger charge is -2.30. The van der Waals surface area contributed by atoms with Crippen LogP contribution < -0.4 is 5.32 Å². The summed E-state index contributed by atoms with van der Waals surface area (Å²) in [5, 5.41) is 4.74. The summed E-state index contributed by atoms with van der Waals surface area (Å²) in [5.41, 5.74) is 3.72. The molecule has 4 rings (SSSR count). The number of hydrogen-bond donors (Lipinski definition) is 2. The maximum atomic E-state index is 12.2. The van der Waals surface area contributed by atoms with Crippen LogP contribution in [-0.4, -0.2) is 43.1 Å². The summed E-state index contributed by atoms with van der Waals surface area (Å²) in [7, 11) is -3.08. The van der Waals surface area contributed by atoms with Crippen molar-refractivity contribution in [2.75, 3.05) is 25.4 Å². The molecule has 1 aromatic carbocycles. The van der Waals surface area contributed by atoms with Crippen molar-refractivity contribution in [3.63, 3.8) is 0 Å². The van der Waals surface area contributed by atoms with Crippen molar-refractivity contribution in [1.82, 2.24) is 14.6 Å². The number of hydrogen-bond acceptors (Lipinski definition) is 4. The first kappa shape index (κ1) is 21.6. The van der Waals surface area contributed by atoms with Gasteiger partial charge in [0, 0.05) is 46.5 Å². The Kier molecular flexibility index (Phi) is 6.63. The zero-order valence-corrected chi connectivity index (χ0v) is 19.4. The maximum absolute atomic E-state index is 12.2. The van der Waals surface area contributed by atoms with Crippen molar-refractivity contribution >= 4 is 32.3 Å². The smallest absolute Gasteiger partial charge is 0.213 e. The van der Waals surface area contributed by atoms with Crippen molar-refractivity contribution in [1.29, 1.82) is 0 Å². The average Bonchev–Trinajstić information content (AvgIpc) is 3.41. The standard InChI is InChI=1S/C23H31N3O2S2/c1-3-11-24-15-19-6-8-23(29-19)18-5-7-22-20(14-18)21(16-25-22)17-9-12-26(13-10-17)30(27,28)4-2/h5-8,14,16-17,24-25H,3-4,9-13,15H2,1-2H3. The van der Waals surface area contributed by atoms with Crippen molar-refractivity contribution in [3.05, 3.63) is 47.0 Å². The Balaban J connectivity index is 1.53. The molecule has 0 aliphatic carbocycles. The van der Waals surface area contributed by atoms with Gasteiger partial charge in [0.25, 0.3) is 0 Å². The first-order chi connectivity index (χ1) is 14.5. The van der Waals surface area contributed by atoms with Gasteiger partial charge >= 0.3 is 0 Å². The van der Waals surface area contributed by atoms with Crippen molar-refractivity contribution in [3.8, 4) is 10.4 Å². The Bertz CT molecular complexity index is 1090. The predicted octanol–water partition coefficient (Wildman–Crippen LogP) is 4.93. The van der Waals surface area contributed by atoms with Gasteiger partial charge in [-0.2, -0.15) is 0 Å². The molecule has 3 aromatic rings. The summed E-state index contributed by atoms with van der Waals surface area (Å²) in [4.78, 5) is 6.07. The normalized spacial score (nSPS) is 16.5. The second kappa shape index (κ2) is 9.22. The molecule has 3 heterocycles. The maximum Gasteiger partial charge on any atom is 0.213 e. The molecule has 2 N–H and O–H groups in total. The molecule has 1 saturated heterocycles. The highest BCUT2D eigenvalue weighted by Gasteiger charge is 2.28. The summed E-state index contributed by atoms with van der Waals surface area (Å²) in [6.45, 7) is 7.11. The quantitative estimate of drug-likeness (QED) is 0.484. The SMILES string of the molecule is CCCNCc1ccc(-c2ccc3[nH]cc(C4CCN(S(=O)(=O)CC)CC4)c3c2)s1. The van der Waals surface area contributed by atoms with E-state index in [-0.39, 0.29) is 5.75 Å². The third kappa shape index (κ3) is 4.49. The summed E-state index contributed by atoms with van der Waals surface area (Å²) in [5.74, 6) is 0.583. The van der Waals surface area contributed by atoms with Crippen LogP contribution in [0.1, 0.15) is 49.5 Å². The largest absolute Gasteiger partial charge is 0.361 e. The number of H-pyrrole nitrogens is 1. The van der Waals surface area contributed by atoms with E-state index in [4.69, 9.17) is 0 Å². The van der Waals surface area contributed by atoms with Crippen LogP contribution in [0.25, 0.3) is 21.3 Å². The van der Waals surface area contributed by atoms with Crippen molar-refractivity contribution in [2.24, 2.45) is 0 Å². The third-order valence-electron chi connectivity index (χ3n) is 6.04. The second-order valence-corrected chi connectivity index (χ2v) is 11.4. The predicted molar refractivity (Wildman–Crippen MR) is 127 cm³/mol. The first-order valence-electron chi connectivity index (χ1n) is 10.9. The number of aromatic nitrogens is 1. The Morgan fingerprint density at radius 3 is 2.70 bits per heavy atom. The lowest BCUT2D eigenvalue weighted by Crippen LogP contribution is -2.38. The zero-order chi connectivity index (χ0) is 21.1. The third-order valence-corrected chi connectivity index (χ3v) is 9.05. The van der Waals surface area contributed by atoms with Gasteiger partial charge in [-0.15, -0.1) is 11.3 Å². The van der Waals surface area contributed by atoms with E-state index in [0.717, 1.165) is 37.9 Å². The zero-order valence-electron chi connectivity index (χ0n) is 17.8. The van der Waals surface area contributed by atoms with Crippen LogP contribution in [0.5, 0.6) is 0 Å². The highest BCUT2D eigenvalue weighted by Crippen LogP contribution is 2.37. The van der Waals surface area contributed by atoms with Crippen LogP contribution in [0.2, 0.25) is 0 Å². The van der Waals surface area contributed by atoms with Gasteiger partial charge in [0.05, 0.1) is 5.75 Å². The number of thiophene rings is 1. The molecule has 1 aliphatic rings. The van der Waals surface area contributed by atoms with Crippen LogP contribution >= 0.6 is 11.3 Å². The number of piperidine rings is 1. The molecule has 0 radical (unpaired) electrons.